The maximum absolute atomic E-state index is 6.03. The standard InChI is InChI=1S/C17H32N2O/c1-2-18-13-17(9-5-6-10-17)14-19-11-12-20-16-8-4-3-7-15(16)19/h15-16,18H,2-14H2,1H3. The van der Waals surface area contributed by atoms with Gasteiger partial charge in [0, 0.05) is 25.7 Å². The number of nitrogens with zero attached hydrogens (tertiary/aromatic N) is 1. The molecule has 3 rings (SSSR count). The molecule has 1 N–H and O–H groups in total. The molecule has 2 unspecified atom stereocenters. The lowest BCUT2D eigenvalue weighted by Gasteiger charge is -2.47. The molecule has 3 heteroatoms. The molecule has 2 aliphatic carbocycles. The Morgan fingerprint density at radius 2 is 1.95 bits per heavy atom. The highest BCUT2D eigenvalue weighted by molar-refractivity contribution is 4.94. The van der Waals surface area contributed by atoms with Gasteiger partial charge in [-0.15, -0.1) is 0 Å². The van der Waals surface area contributed by atoms with Crippen LogP contribution in [0.3, 0.4) is 0 Å². The van der Waals surface area contributed by atoms with Crippen molar-refractivity contribution in [1.82, 2.24) is 10.2 Å². The minimum absolute atomic E-state index is 0.537. The van der Waals surface area contributed by atoms with Crippen molar-refractivity contribution in [2.45, 2.75) is 70.4 Å². The Balaban J connectivity index is 1.64. The van der Waals surface area contributed by atoms with Gasteiger partial charge in [-0.3, -0.25) is 4.90 Å². The van der Waals surface area contributed by atoms with Gasteiger partial charge in [-0.2, -0.15) is 0 Å². The second-order valence-corrected chi connectivity index (χ2v) is 7.22. The average Bonchev–Trinajstić information content (AvgIpc) is 2.95. The van der Waals surface area contributed by atoms with E-state index in [0.29, 0.717) is 11.5 Å². The fourth-order valence-corrected chi connectivity index (χ4v) is 4.71. The fourth-order valence-electron chi connectivity index (χ4n) is 4.71. The van der Waals surface area contributed by atoms with Crippen molar-refractivity contribution in [2.75, 3.05) is 32.8 Å². The Hall–Kier alpha value is -0.120. The van der Waals surface area contributed by atoms with Crippen LogP contribution in [0.1, 0.15) is 58.3 Å². The Labute approximate surface area is 124 Å². The molecule has 1 aliphatic heterocycles. The molecule has 0 amide bonds. The van der Waals surface area contributed by atoms with E-state index in [1.165, 1.54) is 64.5 Å². The topological polar surface area (TPSA) is 24.5 Å². The van der Waals surface area contributed by atoms with Crippen LogP contribution in [0, 0.1) is 5.41 Å². The van der Waals surface area contributed by atoms with Gasteiger partial charge in [0.2, 0.25) is 0 Å². The normalized spacial score (nSPS) is 34.0. The van der Waals surface area contributed by atoms with E-state index in [9.17, 15) is 0 Å². The van der Waals surface area contributed by atoms with Crippen molar-refractivity contribution in [3.63, 3.8) is 0 Å². The molecule has 0 aromatic carbocycles. The van der Waals surface area contributed by atoms with E-state index >= 15 is 0 Å². The molecule has 0 aromatic heterocycles. The van der Waals surface area contributed by atoms with E-state index in [4.69, 9.17) is 4.74 Å². The van der Waals surface area contributed by atoms with Crippen LogP contribution >= 0.6 is 0 Å². The van der Waals surface area contributed by atoms with Gasteiger partial charge in [-0.1, -0.05) is 32.6 Å². The van der Waals surface area contributed by atoms with Crippen molar-refractivity contribution >= 4 is 0 Å². The van der Waals surface area contributed by atoms with Crippen LogP contribution in [0.2, 0.25) is 0 Å². The molecular weight excluding hydrogens is 248 g/mol. The third-order valence-electron chi connectivity index (χ3n) is 5.80. The summed E-state index contributed by atoms with van der Waals surface area (Å²) < 4.78 is 6.03. The van der Waals surface area contributed by atoms with Gasteiger partial charge in [0.1, 0.15) is 0 Å². The smallest absolute Gasteiger partial charge is 0.0730 e. The molecule has 0 spiro atoms. The second kappa shape index (κ2) is 6.76. The summed E-state index contributed by atoms with van der Waals surface area (Å²) in [7, 11) is 0. The summed E-state index contributed by atoms with van der Waals surface area (Å²) in [6.45, 7) is 7.99. The average molecular weight is 280 g/mol. The van der Waals surface area contributed by atoms with Crippen LogP contribution in [0.4, 0.5) is 0 Å². The quantitative estimate of drug-likeness (QED) is 0.838. The van der Waals surface area contributed by atoms with Crippen molar-refractivity contribution in [3.8, 4) is 0 Å². The van der Waals surface area contributed by atoms with E-state index in [1.54, 1.807) is 0 Å². The number of hydrogen-bond acceptors (Lipinski definition) is 3. The number of fused-ring (bicyclic) bond motifs is 1. The first-order valence-electron chi connectivity index (χ1n) is 8.89. The fraction of sp³-hybridized carbons (Fsp3) is 1.00. The summed E-state index contributed by atoms with van der Waals surface area (Å²) in [5.74, 6) is 0. The van der Waals surface area contributed by atoms with Gasteiger partial charge >= 0.3 is 0 Å². The molecule has 2 atom stereocenters. The van der Waals surface area contributed by atoms with Crippen LogP contribution in [0.25, 0.3) is 0 Å². The molecule has 3 aliphatic rings. The highest BCUT2D eigenvalue weighted by atomic mass is 16.5. The molecule has 0 bridgehead atoms. The molecule has 1 saturated heterocycles. The summed E-state index contributed by atoms with van der Waals surface area (Å²) in [6.07, 6.45) is 11.7. The molecule has 0 aromatic rings. The van der Waals surface area contributed by atoms with Crippen molar-refractivity contribution < 1.29 is 4.74 Å². The van der Waals surface area contributed by atoms with Crippen LogP contribution < -0.4 is 5.32 Å². The Morgan fingerprint density at radius 1 is 1.15 bits per heavy atom. The predicted octanol–water partition coefficient (Wildman–Crippen LogP) is 2.80. The highest BCUT2D eigenvalue weighted by Crippen LogP contribution is 2.40. The van der Waals surface area contributed by atoms with Crippen molar-refractivity contribution in [2.24, 2.45) is 5.41 Å². The Bertz CT molecular complexity index is 299. The van der Waals surface area contributed by atoms with Gasteiger partial charge in [-0.05, 0) is 37.6 Å². The summed E-state index contributed by atoms with van der Waals surface area (Å²) in [5, 5.41) is 3.63. The summed E-state index contributed by atoms with van der Waals surface area (Å²) in [4.78, 5) is 2.80. The predicted molar refractivity (Wildman–Crippen MR) is 83.0 cm³/mol. The minimum atomic E-state index is 0.537. The lowest BCUT2D eigenvalue weighted by molar-refractivity contribution is -0.0984. The van der Waals surface area contributed by atoms with Gasteiger partial charge in [0.15, 0.2) is 0 Å². The minimum Gasteiger partial charge on any atom is -0.375 e. The first-order chi connectivity index (χ1) is 9.83. The van der Waals surface area contributed by atoms with Crippen LogP contribution in [-0.2, 0) is 4.74 Å². The number of hydrogen-bond donors (Lipinski definition) is 1. The van der Waals surface area contributed by atoms with E-state index in [-0.39, 0.29) is 0 Å². The van der Waals surface area contributed by atoms with Crippen molar-refractivity contribution in [1.29, 1.82) is 0 Å². The maximum atomic E-state index is 6.03. The number of nitrogens with one attached hydrogen (secondary N) is 1. The summed E-state index contributed by atoms with van der Waals surface area (Å²) >= 11 is 0. The zero-order valence-electron chi connectivity index (χ0n) is 13.2. The van der Waals surface area contributed by atoms with Crippen LogP contribution in [-0.4, -0.2) is 49.8 Å². The molecule has 2 saturated carbocycles. The highest BCUT2D eigenvalue weighted by Gasteiger charge is 2.40. The molecular formula is C17H32N2O. The SMILES string of the molecule is CCNCC1(CN2CCOC3CCCCC32)CCCC1. The summed E-state index contributed by atoms with van der Waals surface area (Å²) in [5.41, 5.74) is 0.551. The molecule has 3 nitrogen and oxygen atoms in total. The molecule has 0 radical (unpaired) electrons. The molecule has 20 heavy (non-hydrogen) atoms. The Kier molecular flexibility index (Phi) is 5.00. The monoisotopic (exact) mass is 280 g/mol. The van der Waals surface area contributed by atoms with Crippen LogP contribution in [0.5, 0.6) is 0 Å². The summed E-state index contributed by atoms with van der Waals surface area (Å²) in [6, 6.07) is 0.719. The third-order valence-corrected chi connectivity index (χ3v) is 5.80. The van der Waals surface area contributed by atoms with Gasteiger partial charge in [-0.25, -0.2) is 0 Å². The molecule has 1 heterocycles. The maximum Gasteiger partial charge on any atom is 0.0730 e. The van der Waals surface area contributed by atoms with E-state index < -0.39 is 0 Å². The lowest BCUT2D eigenvalue weighted by atomic mass is 9.82. The first-order valence-corrected chi connectivity index (χ1v) is 8.89. The lowest BCUT2D eigenvalue weighted by Crippen LogP contribution is -2.56. The number of morpholine rings is 1. The molecule has 116 valence electrons. The first kappa shape index (κ1) is 14.8. The zero-order chi connectivity index (χ0) is 13.8. The van der Waals surface area contributed by atoms with E-state index in [2.05, 4.69) is 17.1 Å². The van der Waals surface area contributed by atoms with Crippen molar-refractivity contribution in [3.05, 3.63) is 0 Å². The Morgan fingerprint density at radius 3 is 2.75 bits per heavy atom. The molecule has 3 fully saturated rings. The third kappa shape index (κ3) is 3.20. The van der Waals surface area contributed by atoms with E-state index in [0.717, 1.165) is 25.7 Å². The van der Waals surface area contributed by atoms with Gasteiger partial charge in [0.05, 0.1) is 12.7 Å². The number of rotatable bonds is 5. The van der Waals surface area contributed by atoms with Gasteiger partial charge < -0.3 is 10.1 Å². The largest absolute Gasteiger partial charge is 0.375 e. The second-order valence-electron chi connectivity index (χ2n) is 7.22. The van der Waals surface area contributed by atoms with Crippen LogP contribution in [0.15, 0.2) is 0 Å². The van der Waals surface area contributed by atoms with Gasteiger partial charge in [0.25, 0.3) is 0 Å². The van der Waals surface area contributed by atoms with E-state index in [1.807, 2.05) is 0 Å². The number of ether oxygens (including phenoxy) is 1. The zero-order valence-corrected chi connectivity index (χ0v) is 13.2.